The molecule has 1 aromatic rings. The lowest BCUT2D eigenvalue weighted by molar-refractivity contribution is -0.163. The lowest BCUT2D eigenvalue weighted by Gasteiger charge is -2.51. The highest BCUT2D eigenvalue weighted by Crippen LogP contribution is 2.54. The number of hydrogen-bond acceptors (Lipinski definition) is 4. The predicted molar refractivity (Wildman–Crippen MR) is 117 cm³/mol. The Morgan fingerprint density at radius 1 is 1.24 bits per heavy atom. The molecule has 0 bridgehead atoms. The van der Waals surface area contributed by atoms with Gasteiger partial charge in [-0.1, -0.05) is 12.1 Å². The Morgan fingerprint density at radius 2 is 2.00 bits per heavy atom. The number of rotatable bonds is 6. The number of hydrogen-bond donors (Lipinski definition) is 1. The van der Waals surface area contributed by atoms with Gasteiger partial charge >= 0.3 is 12.1 Å². The number of esters is 1. The van der Waals surface area contributed by atoms with E-state index < -0.39 is 29.0 Å². The minimum atomic E-state index is -4.46. The molecule has 9 heteroatoms. The van der Waals surface area contributed by atoms with Gasteiger partial charge < -0.3 is 15.0 Å². The molecule has 0 spiro atoms. The number of piperidine rings is 1. The van der Waals surface area contributed by atoms with Crippen LogP contribution in [0.4, 0.5) is 13.2 Å². The summed E-state index contributed by atoms with van der Waals surface area (Å²) in [6.45, 7) is 2.42. The number of halogens is 3. The van der Waals surface area contributed by atoms with Gasteiger partial charge in [0.1, 0.15) is 5.41 Å². The fourth-order valence-electron chi connectivity index (χ4n) is 5.65. The maximum Gasteiger partial charge on any atom is 0.416 e. The van der Waals surface area contributed by atoms with Gasteiger partial charge in [0.05, 0.1) is 12.2 Å². The van der Waals surface area contributed by atoms with Crippen LogP contribution in [0.25, 0.3) is 0 Å². The zero-order valence-electron chi connectivity index (χ0n) is 19.2. The molecule has 184 valence electrons. The highest BCUT2D eigenvalue weighted by atomic mass is 19.4. The molecule has 1 saturated heterocycles. The molecular weight excluding hydrogens is 449 g/mol. The molecule has 0 saturated carbocycles. The van der Waals surface area contributed by atoms with E-state index >= 15 is 0 Å². The van der Waals surface area contributed by atoms with Crippen LogP contribution in [0.2, 0.25) is 0 Å². The molecule has 0 aromatic heterocycles. The summed E-state index contributed by atoms with van der Waals surface area (Å²) in [6.07, 6.45) is -0.419. The van der Waals surface area contributed by atoms with Crippen LogP contribution in [0.15, 0.2) is 35.5 Å². The highest BCUT2D eigenvalue weighted by Gasteiger charge is 2.56. The number of ether oxygens (including phenoxy) is 1. The van der Waals surface area contributed by atoms with E-state index in [9.17, 15) is 27.6 Å². The number of allylic oxidation sites excluding steroid dienone is 1. The summed E-state index contributed by atoms with van der Waals surface area (Å²) in [5, 5.41) is 2.63. The molecule has 0 unspecified atom stereocenters. The number of amides is 2. The normalized spacial score (nSPS) is 24.5. The van der Waals surface area contributed by atoms with Gasteiger partial charge in [-0.2, -0.15) is 13.2 Å². The SMILES string of the molecule is CCOC(=O)[C@]12CCCC3=C1N(CCC3)C(=O)[C@@H](CC(=O)NCc1cccc(C(F)(F)F)c1)C2. The largest absolute Gasteiger partial charge is 0.465 e. The zero-order chi connectivity index (χ0) is 24.5. The Labute approximate surface area is 196 Å². The average Bonchev–Trinajstić information content (AvgIpc) is 2.81. The first-order chi connectivity index (χ1) is 16.2. The van der Waals surface area contributed by atoms with E-state index in [0.717, 1.165) is 49.1 Å². The quantitative estimate of drug-likeness (QED) is 0.618. The number of alkyl halides is 3. The second-order valence-electron chi connectivity index (χ2n) is 9.28. The zero-order valence-corrected chi connectivity index (χ0v) is 19.2. The van der Waals surface area contributed by atoms with E-state index in [2.05, 4.69) is 5.32 Å². The van der Waals surface area contributed by atoms with Crippen molar-refractivity contribution in [3.05, 3.63) is 46.7 Å². The van der Waals surface area contributed by atoms with Crippen molar-refractivity contribution in [1.29, 1.82) is 0 Å². The Balaban J connectivity index is 1.50. The molecular formula is C25H29F3N2O4. The average molecular weight is 479 g/mol. The molecule has 2 atom stereocenters. The third-order valence-corrected chi connectivity index (χ3v) is 7.05. The lowest BCUT2D eigenvalue weighted by atomic mass is 9.63. The van der Waals surface area contributed by atoms with Crippen molar-refractivity contribution in [2.24, 2.45) is 11.3 Å². The summed E-state index contributed by atoms with van der Waals surface area (Å²) in [4.78, 5) is 40.9. The third kappa shape index (κ3) is 4.57. The maximum atomic E-state index is 13.3. The van der Waals surface area contributed by atoms with Crippen LogP contribution >= 0.6 is 0 Å². The smallest absolute Gasteiger partial charge is 0.416 e. The number of carbonyl (C=O) groups excluding carboxylic acids is 3. The molecule has 3 aliphatic rings. The first kappa shape index (κ1) is 24.3. The first-order valence-electron chi connectivity index (χ1n) is 11.8. The van der Waals surface area contributed by atoms with E-state index in [1.54, 1.807) is 11.8 Å². The van der Waals surface area contributed by atoms with Crippen LogP contribution in [0.1, 0.15) is 63.0 Å². The Bertz CT molecular complexity index is 1020. The van der Waals surface area contributed by atoms with E-state index in [0.29, 0.717) is 18.5 Å². The molecule has 1 aliphatic carbocycles. The number of carbonyl (C=O) groups is 3. The van der Waals surface area contributed by atoms with Crippen LogP contribution in [-0.4, -0.2) is 35.8 Å². The van der Waals surface area contributed by atoms with E-state index in [1.807, 2.05) is 0 Å². The van der Waals surface area contributed by atoms with Crippen molar-refractivity contribution in [3.63, 3.8) is 0 Å². The lowest BCUT2D eigenvalue weighted by Crippen LogP contribution is -2.56. The molecule has 2 amide bonds. The standard InChI is InChI=1S/C25H29F3N2O4/c1-2-34-23(33)24-10-4-7-17-8-5-11-30(21(17)24)22(32)18(14-24)13-20(31)29-15-16-6-3-9-19(12-16)25(26,27)28/h3,6,9,12,18H,2,4-5,7-8,10-11,13-15H2,1H3,(H,29,31)/t18-,24-/m0/s1. The highest BCUT2D eigenvalue weighted by molar-refractivity contribution is 5.92. The Kier molecular flexibility index (Phi) is 6.73. The van der Waals surface area contributed by atoms with Crippen molar-refractivity contribution in [3.8, 4) is 0 Å². The van der Waals surface area contributed by atoms with Crippen LogP contribution in [0.3, 0.4) is 0 Å². The fraction of sp³-hybridized carbons (Fsp3) is 0.560. The fourth-order valence-corrected chi connectivity index (χ4v) is 5.65. The van der Waals surface area contributed by atoms with Gasteiger partial charge in [-0.3, -0.25) is 14.4 Å². The number of nitrogens with zero attached hydrogens (tertiary/aromatic N) is 1. The van der Waals surface area contributed by atoms with E-state index in [-0.39, 0.29) is 37.9 Å². The third-order valence-electron chi connectivity index (χ3n) is 7.05. The van der Waals surface area contributed by atoms with Gasteiger partial charge in [-0.05, 0) is 68.7 Å². The summed E-state index contributed by atoms with van der Waals surface area (Å²) >= 11 is 0. The Morgan fingerprint density at radius 3 is 2.74 bits per heavy atom. The number of benzene rings is 1. The van der Waals surface area contributed by atoms with Crippen LogP contribution in [0, 0.1) is 11.3 Å². The van der Waals surface area contributed by atoms with Crippen molar-refractivity contribution in [2.45, 2.75) is 64.6 Å². The molecule has 1 aromatic carbocycles. The summed E-state index contributed by atoms with van der Waals surface area (Å²) < 4.78 is 44.3. The summed E-state index contributed by atoms with van der Waals surface area (Å²) in [7, 11) is 0. The van der Waals surface area contributed by atoms with Crippen molar-refractivity contribution in [2.75, 3.05) is 13.2 Å². The van der Waals surface area contributed by atoms with Crippen molar-refractivity contribution >= 4 is 17.8 Å². The van der Waals surface area contributed by atoms with Crippen LogP contribution in [0.5, 0.6) is 0 Å². The molecule has 2 heterocycles. The minimum absolute atomic E-state index is 0.0777. The molecule has 1 N–H and O–H groups in total. The van der Waals surface area contributed by atoms with E-state index in [4.69, 9.17) is 4.74 Å². The molecule has 6 nitrogen and oxygen atoms in total. The second-order valence-corrected chi connectivity index (χ2v) is 9.28. The van der Waals surface area contributed by atoms with Crippen molar-refractivity contribution in [1.82, 2.24) is 10.2 Å². The van der Waals surface area contributed by atoms with Gasteiger partial charge in [0.25, 0.3) is 0 Å². The molecule has 34 heavy (non-hydrogen) atoms. The molecule has 0 radical (unpaired) electrons. The summed E-state index contributed by atoms with van der Waals surface area (Å²) in [5.41, 5.74) is 0.569. The summed E-state index contributed by atoms with van der Waals surface area (Å²) in [5.74, 6) is -1.62. The number of nitrogens with one attached hydrogen (secondary N) is 1. The second kappa shape index (κ2) is 9.43. The monoisotopic (exact) mass is 478 g/mol. The maximum absolute atomic E-state index is 13.3. The van der Waals surface area contributed by atoms with Gasteiger partial charge in [-0.15, -0.1) is 0 Å². The van der Waals surface area contributed by atoms with Gasteiger partial charge in [-0.25, -0.2) is 0 Å². The topological polar surface area (TPSA) is 75.7 Å². The van der Waals surface area contributed by atoms with Gasteiger partial charge in [0, 0.05) is 31.1 Å². The Hall–Kier alpha value is -2.84. The molecule has 2 aliphatic heterocycles. The van der Waals surface area contributed by atoms with Crippen molar-refractivity contribution < 1.29 is 32.3 Å². The molecule has 1 fully saturated rings. The van der Waals surface area contributed by atoms with E-state index in [1.165, 1.54) is 12.1 Å². The summed E-state index contributed by atoms with van der Waals surface area (Å²) in [6, 6.07) is 4.77. The first-order valence-corrected chi connectivity index (χ1v) is 11.8. The minimum Gasteiger partial charge on any atom is -0.465 e. The van der Waals surface area contributed by atoms with Gasteiger partial charge in [0.15, 0.2) is 0 Å². The predicted octanol–water partition coefficient (Wildman–Crippen LogP) is 4.34. The van der Waals surface area contributed by atoms with Crippen LogP contribution in [-0.2, 0) is 31.8 Å². The van der Waals surface area contributed by atoms with Crippen LogP contribution < -0.4 is 5.32 Å². The van der Waals surface area contributed by atoms with Gasteiger partial charge in [0.2, 0.25) is 11.8 Å². The molecule has 4 rings (SSSR count).